The van der Waals surface area contributed by atoms with Crippen molar-refractivity contribution in [1.82, 2.24) is 9.03 Å². The number of amides is 1. The summed E-state index contributed by atoms with van der Waals surface area (Å²) >= 11 is 0. The molecule has 80 valence electrons. The minimum absolute atomic E-state index is 0.138. The van der Waals surface area contributed by atoms with Crippen molar-refractivity contribution in [1.29, 1.82) is 0 Å². The van der Waals surface area contributed by atoms with Crippen molar-refractivity contribution in [2.24, 2.45) is 0 Å². The first-order valence-corrected chi connectivity index (χ1v) is 4.93. The summed E-state index contributed by atoms with van der Waals surface area (Å²) in [5.74, 6) is 0. The molecule has 0 aromatic rings. The second-order valence-corrected chi connectivity index (χ2v) is 3.86. The summed E-state index contributed by atoms with van der Waals surface area (Å²) in [6.45, 7) is 2.72. The molecule has 0 radical (unpaired) electrons. The lowest BCUT2D eigenvalue weighted by Gasteiger charge is -2.16. The number of nitrogens with one attached hydrogen (secondary N) is 1. The average Bonchev–Trinajstić information content (AvgIpc) is 2.01. The highest BCUT2D eigenvalue weighted by Crippen LogP contribution is 1.96. The zero-order valence-electron chi connectivity index (χ0n) is 7.21. The van der Waals surface area contributed by atoms with Gasteiger partial charge < -0.3 is 9.90 Å². The lowest BCUT2D eigenvalue weighted by Crippen LogP contribution is -2.43. The van der Waals surface area contributed by atoms with Gasteiger partial charge in [-0.3, -0.25) is 0 Å². The highest BCUT2D eigenvalue weighted by atomic mass is 32.2. The highest BCUT2D eigenvalue weighted by molar-refractivity contribution is 7.87. The van der Waals surface area contributed by atoms with Gasteiger partial charge in [-0.15, -0.1) is 6.58 Å². The Labute approximate surface area is 81.2 Å². The van der Waals surface area contributed by atoms with Gasteiger partial charge in [-0.05, 0) is 0 Å². The van der Waals surface area contributed by atoms with Crippen molar-refractivity contribution in [3.63, 3.8) is 0 Å². The first-order valence-electron chi connectivity index (χ1n) is 3.49. The molecular weight excluding hydrogens is 212 g/mol. The van der Waals surface area contributed by atoms with Crippen molar-refractivity contribution in [3.05, 3.63) is 12.7 Å². The predicted octanol–water partition coefficient (Wildman–Crippen LogP) is -0.814. The van der Waals surface area contributed by atoms with Crippen LogP contribution in [0.5, 0.6) is 0 Å². The molecule has 8 heteroatoms. The second-order valence-electron chi connectivity index (χ2n) is 2.18. The van der Waals surface area contributed by atoms with Crippen molar-refractivity contribution in [3.8, 4) is 0 Å². The van der Waals surface area contributed by atoms with Gasteiger partial charge in [0.1, 0.15) is 6.29 Å². The van der Waals surface area contributed by atoms with Gasteiger partial charge in [0.25, 0.3) is 0 Å². The minimum Gasteiger partial charge on any atom is -0.464 e. The molecule has 1 amide bonds. The quantitative estimate of drug-likeness (QED) is 0.451. The summed E-state index contributed by atoms with van der Waals surface area (Å²) in [5, 5.41) is 8.20. The lowest BCUT2D eigenvalue weighted by molar-refractivity contribution is -0.108. The van der Waals surface area contributed by atoms with Crippen LogP contribution < -0.4 is 4.72 Å². The van der Waals surface area contributed by atoms with Crippen molar-refractivity contribution < 1.29 is 23.1 Å². The predicted molar refractivity (Wildman–Crippen MR) is 47.9 cm³/mol. The number of hydrogen-bond acceptors (Lipinski definition) is 4. The largest absolute Gasteiger partial charge is 0.464 e. The number of rotatable bonds is 6. The maximum Gasteiger partial charge on any atom is 0.419 e. The molecule has 0 saturated carbocycles. The zero-order chi connectivity index (χ0) is 11.2. The van der Waals surface area contributed by atoms with Gasteiger partial charge in [-0.25, -0.2) is 9.52 Å². The van der Waals surface area contributed by atoms with E-state index in [1.807, 2.05) is 0 Å². The Morgan fingerprint density at radius 2 is 2.07 bits per heavy atom. The van der Waals surface area contributed by atoms with Crippen LogP contribution in [0.4, 0.5) is 4.79 Å². The van der Waals surface area contributed by atoms with E-state index in [1.54, 1.807) is 0 Å². The van der Waals surface area contributed by atoms with Crippen LogP contribution in [-0.4, -0.2) is 43.3 Å². The number of nitrogens with zero attached hydrogens (tertiary/aromatic N) is 1. The van der Waals surface area contributed by atoms with Crippen LogP contribution in [0.25, 0.3) is 0 Å². The van der Waals surface area contributed by atoms with Crippen LogP contribution in [0.15, 0.2) is 12.7 Å². The summed E-state index contributed by atoms with van der Waals surface area (Å²) in [5.41, 5.74) is 0. The molecule has 0 bridgehead atoms. The smallest absolute Gasteiger partial charge is 0.419 e. The molecule has 14 heavy (non-hydrogen) atoms. The Balaban J connectivity index is 4.69. The number of carbonyl (C=O) groups excluding carboxylic acids is 1. The molecule has 0 atom stereocenters. The zero-order valence-corrected chi connectivity index (χ0v) is 8.03. The van der Waals surface area contributed by atoms with Crippen molar-refractivity contribution in [2.75, 3.05) is 13.1 Å². The second kappa shape index (κ2) is 5.35. The summed E-state index contributed by atoms with van der Waals surface area (Å²) < 4.78 is 24.2. The van der Waals surface area contributed by atoms with E-state index in [0.29, 0.717) is 10.6 Å². The summed E-state index contributed by atoms with van der Waals surface area (Å²) in [4.78, 5) is 20.2. The van der Waals surface area contributed by atoms with E-state index < -0.39 is 22.8 Å². The van der Waals surface area contributed by atoms with Gasteiger partial charge in [0.05, 0.1) is 6.54 Å². The lowest BCUT2D eigenvalue weighted by atomic mass is 10.6. The minimum atomic E-state index is -4.16. The van der Waals surface area contributed by atoms with E-state index in [0.717, 1.165) is 0 Å². The van der Waals surface area contributed by atoms with Crippen LogP contribution >= 0.6 is 0 Å². The third kappa shape index (κ3) is 4.01. The standard InChI is InChI=1S/C6H10N2O5S/c1-2-3-8(4-5-9)14(12,13)7-6(10)11/h2,5,7H,1,3-4H2,(H,10,11). The third-order valence-corrected chi connectivity index (χ3v) is 2.58. The van der Waals surface area contributed by atoms with E-state index in [2.05, 4.69) is 6.58 Å². The fraction of sp³-hybridized carbons (Fsp3) is 0.333. The maximum absolute atomic E-state index is 11.1. The van der Waals surface area contributed by atoms with Gasteiger partial charge >= 0.3 is 16.3 Å². The Morgan fingerprint density at radius 3 is 2.43 bits per heavy atom. The molecule has 0 spiro atoms. The number of carboxylic acid groups (broad SMARTS) is 1. The molecule has 0 aliphatic rings. The summed E-state index contributed by atoms with van der Waals surface area (Å²) in [6.07, 6.45) is -0.111. The van der Waals surface area contributed by atoms with E-state index >= 15 is 0 Å². The molecule has 2 N–H and O–H groups in total. The first-order chi connectivity index (χ1) is 6.44. The monoisotopic (exact) mass is 222 g/mol. The van der Waals surface area contributed by atoms with Crippen LogP contribution in [0.2, 0.25) is 0 Å². The molecular formula is C6H10N2O5S. The van der Waals surface area contributed by atoms with Crippen molar-refractivity contribution in [2.45, 2.75) is 0 Å². The molecule has 0 saturated heterocycles. The fourth-order valence-corrected chi connectivity index (χ4v) is 1.58. The number of carbonyl (C=O) groups is 2. The molecule has 7 nitrogen and oxygen atoms in total. The van der Waals surface area contributed by atoms with Crippen molar-refractivity contribution >= 4 is 22.6 Å². The van der Waals surface area contributed by atoms with Gasteiger partial charge in [-0.1, -0.05) is 6.08 Å². The SMILES string of the molecule is C=CCN(CC=O)S(=O)(=O)NC(=O)O. The summed E-state index contributed by atoms with van der Waals surface area (Å²) in [7, 11) is -4.16. The third-order valence-electron chi connectivity index (χ3n) is 1.17. The van der Waals surface area contributed by atoms with E-state index in [-0.39, 0.29) is 6.54 Å². The summed E-state index contributed by atoms with van der Waals surface area (Å²) in [6, 6.07) is 0. The van der Waals surface area contributed by atoms with E-state index in [9.17, 15) is 18.0 Å². The average molecular weight is 222 g/mol. The molecule has 0 fully saturated rings. The van der Waals surface area contributed by atoms with E-state index in [4.69, 9.17) is 5.11 Å². The topological polar surface area (TPSA) is 104 Å². The Hall–Kier alpha value is -1.41. The number of hydrogen-bond donors (Lipinski definition) is 2. The number of aldehydes is 1. The van der Waals surface area contributed by atoms with Gasteiger partial charge in [0.2, 0.25) is 0 Å². The van der Waals surface area contributed by atoms with Crippen LogP contribution in [0.1, 0.15) is 0 Å². The molecule has 0 rings (SSSR count). The fourth-order valence-electron chi connectivity index (χ4n) is 0.673. The Bertz CT molecular complexity index is 313. The van der Waals surface area contributed by atoms with Gasteiger partial charge in [0.15, 0.2) is 0 Å². The van der Waals surface area contributed by atoms with Gasteiger partial charge in [-0.2, -0.15) is 12.7 Å². The molecule has 0 aromatic carbocycles. The maximum atomic E-state index is 11.1. The molecule has 0 aliphatic heterocycles. The van der Waals surface area contributed by atoms with Gasteiger partial charge in [0, 0.05) is 6.54 Å². The molecule has 0 unspecified atom stereocenters. The first kappa shape index (κ1) is 12.6. The molecule has 0 heterocycles. The Kier molecular flexibility index (Phi) is 4.81. The van der Waals surface area contributed by atoms with Crippen LogP contribution in [-0.2, 0) is 15.0 Å². The van der Waals surface area contributed by atoms with E-state index in [1.165, 1.54) is 10.8 Å². The Morgan fingerprint density at radius 1 is 1.50 bits per heavy atom. The van der Waals surface area contributed by atoms with Crippen LogP contribution in [0.3, 0.4) is 0 Å². The molecule has 0 aliphatic carbocycles. The normalized spacial score (nSPS) is 10.9. The highest BCUT2D eigenvalue weighted by Gasteiger charge is 2.22. The van der Waals surface area contributed by atoms with Crippen LogP contribution in [0, 0.1) is 0 Å². The molecule has 0 aromatic heterocycles.